The molecule has 0 aromatic heterocycles. The van der Waals surface area contributed by atoms with Crippen LogP contribution in [0.4, 0.5) is 0 Å². The Bertz CT molecular complexity index is 882. The molecule has 1 heterocycles. The molecule has 1 aliphatic rings. The Kier molecular flexibility index (Phi) is 6.00. The molecule has 7 nitrogen and oxygen atoms in total. The summed E-state index contributed by atoms with van der Waals surface area (Å²) in [5, 5.41) is 3.23. The number of hydrazine groups is 1. The van der Waals surface area contributed by atoms with Crippen molar-refractivity contribution in [2.45, 2.75) is 19.4 Å². The molecule has 2 aromatic carbocycles. The summed E-state index contributed by atoms with van der Waals surface area (Å²) in [5.41, 5.74) is 6.81. The second-order valence-electron chi connectivity index (χ2n) is 6.31. The fourth-order valence-corrected chi connectivity index (χ4v) is 3.06. The van der Waals surface area contributed by atoms with Crippen molar-refractivity contribution in [2.24, 2.45) is 0 Å². The number of benzene rings is 2. The van der Waals surface area contributed by atoms with Crippen LogP contribution in [0, 0.1) is 0 Å². The molecule has 0 spiro atoms. The summed E-state index contributed by atoms with van der Waals surface area (Å²) >= 11 is 5.13. The fourth-order valence-electron chi connectivity index (χ4n) is 2.91. The van der Waals surface area contributed by atoms with Gasteiger partial charge in [-0.2, -0.15) is 0 Å². The van der Waals surface area contributed by atoms with Gasteiger partial charge in [-0.3, -0.25) is 30.1 Å². The predicted molar refractivity (Wildman–Crippen MR) is 108 cm³/mol. The molecule has 0 saturated carbocycles. The molecule has 1 atom stereocenters. The first-order chi connectivity index (χ1) is 13.5. The first kappa shape index (κ1) is 19.5. The summed E-state index contributed by atoms with van der Waals surface area (Å²) in [4.78, 5) is 38.2. The Hall–Kier alpha value is -3.26. The highest BCUT2D eigenvalue weighted by Gasteiger charge is 2.40. The summed E-state index contributed by atoms with van der Waals surface area (Å²) < 4.78 is 0. The number of carbonyl (C=O) groups is 3. The molecule has 28 heavy (non-hydrogen) atoms. The van der Waals surface area contributed by atoms with E-state index < -0.39 is 23.8 Å². The molecule has 0 bridgehead atoms. The van der Waals surface area contributed by atoms with Gasteiger partial charge in [-0.25, -0.2) is 0 Å². The summed E-state index contributed by atoms with van der Waals surface area (Å²) in [7, 11) is 0. The second kappa shape index (κ2) is 8.62. The standard InChI is InChI=1S/C20H20N4O3S/c1-13(24-18(26)15-9-5-6-10-16(15)19(24)27)17(25)22-23-20(28)21-12-11-14-7-3-2-4-8-14/h2-10,13H,11-12H2,1H3,(H,22,25)(H2,21,23,28)/t13-/m0/s1. The molecule has 0 unspecified atom stereocenters. The van der Waals surface area contributed by atoms with E-state index in [1.165, 1.54) is 12.5 Å². The van der Waals surface area contributed by atoms with Gasteiger partial charge in [0.15, 0.2) is 5.11 Å². The highest BCUT2D eigenvalue weighted by molar-refractivity contribution is 7.80. The van der Waals surface area contributed by atoms with Gasteiger partial charge < -0.3 is 5.32 Å². The van der Waals surface area contributed by atoms with Gasteiger partial charge in [0.1, 0.15) is 6.04 Å². The van der Waals surface area contributed by atoms with Crippen LogP contribution in [0.1, 0.15) is 33.2 Å². The summed E-state index contributed by atoms with van der Waals surface area (Å²) in [6, 6.07) is 15.4. The van der Waals surface area contributed by atoms with Crippen LogP contribution in [0.3, 0.4) is 0 Å². The molecular weight excluding hydrogens is 376 g/mol. The van der Waals surface area contributed by atoms with Crippen LogP contribution < -0.4 is 16.2 Å². The first-order valence-electron chi connectivity index (χ1n) is 8.83. The summed E-state index contributed by atoms with van der Waals surface area (Å²) in [6.45, 7) is 2.09. The van der Waals surface area contributed by atoms with Crippen molar-refractivity contribution in [1.82, 2.24) is 21.1 Å². The topological polar surface area (TPSA) is 90.5 Å². The lowest BCUT2D eigenvalue weighted by atomic mass is 10.1. The number of thiocarbonyl (C=S) groups is 1. The second-order valence-corrected chi connectivity index (χ2v) is 6.72. The maximum absolute atomic E-state index is 12.4. The normalized spacial score (nSPS) is 13.7. The molecule has 0 radical (unpaired) electrons. The van der Waals surface area contributed by atoms with Crippen LogP contribution in [0.25, 0.3) is 0 Å². The van der Waals surface area contributed by atoms with Crippen LogP contribution in [0.5, 0.6) is 0 Å². The number of imide groups is 1. The number of rotatable bonds is 5. The third kappa shape index (κ3) is 4.17. The molecule has 3 rings (SSSR count). The predicted octanol–water partition coefficient (Wildman–Crippen LogP) is 1.41. The maximum Gasteiger partial charge on any atom is 0.262 e. The number of carbonyl (C=O) groups excluding carboxylic acids is 3. The fraction of sp³-hybridized carbons (Fsp3) is 0.200. The van der Waals surface area contributed by atoms with E-state index in [2.05, 4.69) is 16.2 Å². The zero-order valence-electron chi connectivity index (χ0n) is 15.3. The number of nitrogens with zero attached hydrogens (tertiary/aromatic N) is 1. The van der Waals surface area contributed by atoms with Crippen LogP contribution in [0.2, 0.25) is 0 Å². The van der Waals surface area contributed by atoms with Gasteiger partial charge in [-0.05, 0) is 43.3 Å². The zero-order chi connectivity index (χ0) is 20.1. The number of fused-ring (bicyclic) bond motifs is 1. The average molecular weight is 396 g/mol. The lowest BCUT2D eigenvalue weighted by Crippen LogP contribution is -2.54. The van der Waals surface area contributed by atoms with Gasteiger partial charge in [0, 0.05) is 6.54 Å². The Morgan fingerprint density at radius 2 is 1.54 bits per heavy atom. The van der Waals surface area contributed by atoms with E-state index in [0.29, 0.717) is 17.7 Å². The average Bonchev–Trinajstić information content (AvgIpc) is 2.97. The molecule has 3 amide bonds. The van der Waals surface area contributed by atoms with Crippen LogP contribution in [-0.2, 0) is 11.2 Å². The van der Waals surface area contributed by atoms with Gasteiger partial charge in [-0.15, -0.1) is 0 Å². The van der Waals surface area contributed by atoms with Gasteiger partial charge in [0.05, 0.1) is 11.1 Å². The van der Waals surface area contributed by atoms with Crippen molar-refractivity contribution in [1.29, 1.82) is 0 Å². The maximum atomic E-state index is 12.4. The minimum atomic E-state index is -0.980. The number of hydrogen-bond donors (Lipinski definition) is 3. The number of amides is 3. The zero-order valence-corrected chi connectivity index (χ0v) is 16.1. The minimum Gasteiger partial charge on any atom is -0.361 e. The third-order valence-corrected chi connectivity index (χ3v) is 4.68. The third-order valence-electron chi connectivity index (χ3n) is 4.43. The van der Waals surface area contributed by atoms with E-state index in [1.807, 2.05) is 30.3 Å². The van der Waals surface area contributed by atoms with Gasteiger partial charge in [0.25, 0.3) is 17.7 Å². The Morgan fingerprint density at radius 3 is 2.14 bits per heavy atom. The summed E-state index contributed by atoms with van der Waals surface area (Å²) in [6.07, 6.45) is 0.780. The molecule has 8 heteroatoms. The van der Waals surface area contributed by atoms with E-state index in [9.17, 15) is 14.4 Å². The Labute approximate surface area is 168 Å². The van der Waals surface area contributed by atoms with Crippen molar-refractivity contribution in [3.8, 4) is 0 Å². The molecule has 3 N–H and O–H groups in total. The highest BCUT2D eigenvalue weighted by Crippen LogP contribution is 2.24. The van der Waals surface area contributed by atoms with E-state index in [-0.39, 0.29) is 5.11 Å². The number of nitrogens with one attached hydrogen (secondary N) is 3. The first-order valence-corrected chi connectivity index (χ1v) is 9.24. The van der Waals surface area contributed by atoms with Crippen molar-refractivity contribution >= 4 is 35.1 Å². The van der Waals surface area contributed by atoms with Crippen molar-refractivity contribution in [2.75, 3.05) is 6.54 Å². The Balaban J connectivity index is 1.48. The largest absolute Gasteiger partial charge is 0.361 e. The van der Waals surface area contributed by atoms with Crippen molar-refractivity contribution in [3.63, 3.8) is 0 Å². The molecular formula is C20H20N4O3S. The number of hydrogen-bond acceptors (Lipinski definition) is 4. The lowest BCUT2D eigenvalue weighted by molar-refractivity contribution is -0.125. The molecule has 0 fully saturated rings. The van der Waals surface area contributed by atoms with Crippen molar-refractivity contribution in [3.05, 3.63) is 71.3 Å². The Morgan fingerprint density at radius 1 is 0.964 bits per heavy atom. The molecule has 1 aliphatic heterocycles. The van der Waals surface area contributed by atoms with Gasteiger partial charge in [0.2, 0.25) is 0 Å². The van der Waals surface area contributed by atoms with Crippen LogP contribution in [0.15, 0.2) is 54.6 Å². The monoisotopic (exact) mass is 396 g/mol. The van der Waals surface area contributed by atoms with E-state index in [1.54, 1.807) is 24.3 Å². The highest BCUT2D eigenvalue weighted by atomic mass is 32.1. The smallest absolute Gasteiger partial charge is 0.262 e. The molecule has 0 saturated heterocycles. The summed E-state index contributed by atoms with van der Waals surface area (Å²) in [5.74, 6) is -1.50. The van der Waals surface area contributed by atoms with Gasteiger partial charge in [-0.1, -0.05) is 42.5 Å². The van der Waals surface area contributed by atoms with Crippen LogP contribution >= 0.6 is 12.2 Å². The van der Waals surface area contributed by atoms with Crippen LogP contribution in [-0.4, -0.2) is 40.3 Å². The molecule has 2 aromatic rings. The van der Waals surface area contributed by atoms with Crippen molar-refractivity contribution < 1.29 is 14.4 Å². The van der Waals surface area contributed by atoms with E-state index >= 15 is 0 Å². The lowest BCUT2D eigenvalue weighted by Gasteiger charge is -2.22. The van der Waals surface area contributed by atoms with E-state index in [0.717, 1.165) is 11.3 Å². The van der Waals surface area contributed by atoms with E-state index in [4.69, 9.17) is 12.2 Å². The minimum absolute atomic E-state index is 0.249. The quantitative estimate of drug-likeness (QED) is 0.402. The molecule has 0 aliphatic carbocycles. The molecule has 144 valence electrons. The SMILES string of the molecule is C[C@@H](C(=O)NNC(=S)NCCc1ccccc1)N1C(=O)c2ccccc2C1=O. The van der Waals surface area contributed by atoms with Gasteiger partial charge >= 0.3 is 0 Å².